The molecule has 2 heterocycles. The first kappa shape index (κ1) is 19.3. The SMILES string of the molecule is COc1nc(C)nc(N(C(N)=O)S(=O)(=O)c2ccccc2C2=NOCCO2)n1. The first-order valence-electron chi connectivity index (χ1n) is 7.88. The Bertz CT molecular complexity index is 1040. The number of hydrogen-bond acceptors (Lipinski definition) is 10. The second kappa shape index (κ2) is 7.64. The van der Waals surface area contributed by atoms with Crippen molar-refractivity contribution >= 4 is 27.9 Å². The van der Waals surface area contributed by atoms with E-state index >= 15 is 0 Å². The number of oxime groups is 1. The van der Waals surface area contributed by atoms with Gasteiger partial charge in [-0.15, -0.1) is 4.31 Å². The Balaban J connectivity index is 2.16. The fourth-order valence-corrected chi connectivity index (χ4v) is 3.76. The van der Waals surface area contributed by atoms with Gasteiger partial charge < -0.3 is 20.0 Å². The third kappa shape index (κ3) is 3.64. The third-order valence-corrected chi connectivity index (χ3v) is 5.21. The van der Waals surface area contributed by atoms with Gasteiger partial charge in [-0.2, -0.15) is 15.0 Å². The summed E-state index contributed by atoms with van der Waals surface area (Å²) >= 11 is 0. The summed E-state index contributed by atoms with van der Waals surface area (Å²) in [6.45, 7) is 1.90. The number of primary amides is 1. The number of anilines is 1. The van der Waals surface area contributed by atoms with Crippen LogP contribution in [0.2, 0.25) is 0 Å². The number of nitrogens with two attached hydrogens (primary N) is 1. The lowest BCUT2D eigenvalue weighted by Gasteiger charge is -2.21. The predicted molar refractivity (Wildman–Crippen MR) is 95.2 cm³/mol. The van der Waals surface area contributed by atoms with Crippen LogP contribution < -0.4 is 14.8 Å². The molecule has 13 heteroatoms. The molecule has 12 nitrogen and oxygen atoms in total. The molecule has 0 fully saturated rings. The summed E-state index contributed by atoms with van der Waals surface area (Å²) in [4.78, 5) is 28.3. The monoisotopic (exact) mass is 408 g/mol. The molecule has 0 bridgehead atoms. The van der Waals surface area contributed by atoms with Crippen molar-refractivity contribution in [2.24, 2.45) is 10.9 Å². The number of rotatable bonds is 5. The van der Waals surface area contributed by atoms with E-state index in [-0.39, 0.29) is 45.7 Å². The number of urea groups is 1. The van der Waals surface area contributed by atoms with E-state index in [0.29, 0.717) is 0 Å². The fourth-order valence-electron chi connectivity index (χ4n) is 2.35. The number of ether oxygens (including phenoxy) is 2. The standard InChI is InChI=1S/C15H16N6O6S/c1-9-17-14(19-15(18-9)25-2)21(13(16)22)28(23,24)11-6-4-3-5-10(11)12-20-27-8-7-26-12/h3-6H,7-8H2,1-2H3,(H2,16,22). The maximum absolute atomic E-state index is 13.3. The normalized spacial score (nSPS) is 13.7. The van der Waals surface area contributed by atoms with Gasteiger partial charge in [-0.1, -0.05) is 12.1 Å². The predicted octanol–water partition coefficient (Wildman–Crippen LogP) is 0.171. The molecule has 2 N–H and O–H groups in total. The van der Waals surface area contributed by atoms with Crippen LogP contribution in [0.5, 0.6) is 6.01 Å². The highest BCUT2D eigenvalue weighted by atomic mass is 32.2. The number of carbonyl (C=O) groups excluding carboxylic acids is 1. The smallest absolute Gasteiger partial charge is 0.336 e. The summed E-state index contributed by atoms with van der Waals surface area (Å²) in [5.74, 6) is -0.418. The van der Waals surface area contributed by atoms with E-state index in [2.05, 4.69) is 20.1 Å². The van der Waals surface area contributed by atoms with Crippen LogP contribution in [0.15, 0.2) is 34.3 Å². The maximum Gasteiger partial charge on any atom is 0.336 e. The van der Waals surface area contributed by atoms with Crippen molar-refractivity contribution < 1.29 is 27.5 Å². The van der Waals surface area contributed by atoms with Gasteiger partial charge in [0.15, 0.2) is 6.61 Å². The number of benzene rings is 1. The second-order valence-corrected chi connectivity index (χ2v) is 7.11. The minimum absolute atomic E-state index is 0.0424. The molecule has 1 aliphatic heterocycles. The second-order valence-electron chi connectivity index (χ2n) is 5.35. The topological polar surface area (TPSA) is 159 Å². The van der Waals surface area contributed by atoms with Crippen LogP contribution in [0.1, 0.15) is 11.4 Å². The molecule has 3 rings (SSSR count). The summed E-state index contributed by atoms with van der Waals surface area (Å²) in [6, 6.07) is 4.29. The number of hydrogen-bond donors (Lipinski definition) is 1. The Labute approximate surface area is 160 Å². The van der Waals surface area contributed by atoms with E-state index in [9.17, 15) is 13.2 Å². The molecule has 0 atom stereocenters. The van der Waals surface area contributed by atoms with Gasteiger partial charge in [-0.05, 0) is 24.2 Å². The number of carbonyl (C=O) groups is 1. The van der Waals surface area contributed by atoms with Crippen molar-refractivity contribution in [2.45, 2.75) is 11.8 Å². The first-order chi connectivity index (χ1) is 13.3. The number of aromatic nitrogens is 3. The van der Waals surface area contributed by atoms with Crippen molar-refractivity contribution in [2.75, 3.05) is 24.6 Å². The van der Waals surface area contributed by atoms with E-state index < -0.39 is 22.0 Å². The van der Waals surface area contributed by atoms with E-state index in [1.807, 2.05) is 0 Å². The maximum atomic E-state index is 13.3. The molecule has 1 aromatic carbocycles. The van der Waals surface area contributed by atoms with E-state index in [1.165, 1.54) is 32.2 Å². The van der Waals surface area contributed by atoms with Crippen molar-refractivity contribution in [1.29, 1.82) is 0 Å². The van der Waals surface area contributed by atoms with Crippen LogP contribution in [-0.4, -0.2) is 55.6 Å². The molecule has 0 saturated heterocycles. The van der Waals surface area contributed by atoms with Gasteiger partial charge in [-0.25, -0.2) is 13.2 Å². The van der Waals surface area contributed by atoms with Crippen LogP contribution in [0.3, 0.4) is 0 Å². The summed E-state index contributed by atoms with van der Waals surface area (Å²) in [5.41, 5.74) is 5.43. The molecule has 0 unspecified atom stereocenters. The third-order valence-electron chi connectivity index (χ3n) is 3.48. The van der Waals surface area contributed by atoms with Gasteiger partial charge in [0.05, 0.1) is 12.7 Å². The first-order valence-corrected chi connectivity index (χ1v) is 9.32. The van der Waals surface area contributed by atoms with Crippen LogP contribution in [0.25, 0.3) is 0 Å². The highest BCUT2D eigenvalue weighted by molar-refractivity contribution is 7.93. The lowest BCUT2D eigenvalue weighted by atomic mass is 10.2. The largest absolute Gasteiger partial charge is 0.471 e. The Morgan fingerprint density at radius 2 is 1.96 bits per heavy atom. The number of aryl methyl sites for hydroxylation is 1. The van der Waals surface area contributed by atoms with E-state index in [4.69, 9.17) is 20.0 Å². The lowest BCUT2D eigenvalue weighted by molar-refractivity contribution is 0.0653. The number of methoxy groups -OCH3 is 1. The van der Waals surface area contributed by atoms with Crippen molar-refractivity contribution in [3.63, 3.8) is 0 Å². The van der Waals surface area contributed by atoms with E-state index in [1.54, 1.807) is 6.07 Å². The summed E-state index contributed by atoms with van der Waals surface area (Å²) < 4.78 is 37.1. The fraction of sp³-hybridized carbons (Fsp3) is 0.267. The average molecular weight is 408 g/mol. The molecule has 2 amide bonds. The minimum atomic E-state index is -4.54. The van der Waals surface area contributed by atoms with Crippen molar-refractivity contribution in [3.8, 4) is 6.01 Å². The zero-order chi connectivity index (χ0) is 20.3. The van der Waals surface area contributed by atoms with Crippen LogP contribution in [0.4, 0.5) is 10.7 Å². The summed E-state index contributed by atoms with van der Waals surface area (Å²) in [7, 11) is -3.25. The van der Waals surface area contributed by atoms with Crippen LogP contribution in [-0.2, 0) is 19.6 Å². The van der Waals surface area contributed by atoms with Crippen molar-refractivity contribution in [1.82, 2.24) is 15.0 Å². The average Bonchev–Trinajstić information content (AvgIpc) is 2.67. The number of amides is 2. The molecule has 0 spiro atoms. The Morgan fingerprint density at radius 1 is 1.21 bits per heavy atom. The summed E-state index contributed by atoms with van der Waals surface area (Å²) in [6.07, 6.45) is 0. The Morgan fingerprint density at radius 3 is 2.61 bits per heavy atom. The number of sulfonamides is 1. The zero-order valence-electron chi connectivity index (χ0n) is 14.9. The molecule has 2 aromatic rings. The molecule has 148 valence electrons. The molecule has 1 aliphatic rings. The molecule has 1 aromatic heterocycles. The molecule has 0 saturated carbocycles. The molecule has 0 radical (unpaired) electrons. The molecular weight excluding hydrogens is 392 g/mol. The molecule has 28 heavy (non-hydrogen) atoms. The van der Waals surface area contributed by atoms with Gasteiger partial charge in [0, 0.05) is 0 Å². The van der Waals surface area contributed by atoms with E-state index in [0.717, 1.165) is 0 Å². The quantitative estimate of drug-likeness (QED) is 0.727. The zero-order valence-corrected chi connectivity index (χ0v) is 15.7. The lowest BCUT2D eigenvalue weighted by Crippen LogP contribution is -2.42. The van der Waals surface area contributed by atoms with Gasteiger partial charge in [0.2, 0.25) is 0 Å². The van der Waals surface area contributed by atoms with Crippen LogP contribution >= 0.6 is 0 Å². The van der Waals surface area contributed by atoms with Gasteiger partial charge >= 0.3 is 12.0 Å². The Hall–Kier alpha value is -3.48. The van der Waals surface area contributed by atoms with Gasteiger partial charge in [0.25, 0.3) is 21.9 Å². The van der Waals surface area contributed by atoms with Crippen LogP contribution in [0, 0.1) is 6.92 Å². The number of nitrogens with zero attached hydrogens (tertiary/aromatic N) is 5. The molecular formula is C15H16N6O6S. The van der Waals surface area contributed by atoms with Crippen molar-refractivity contribution in [3.05, 3.63) is 35.7 Å². The van der Waals surface area contributed by atoms with Gasteiger partial charge in [0.1, 0.15) is 17.3 Å². The Kier molecular flexibility index (Phi) is 5.26. The molecule has 0 aliphatic carbocycles. The van der Waals surface area contributed by atoms with Gasteiger partial charge in [-0.3, -0.25) is 0 Å². The highest BCUT2D eigenvalue weighted by Crippen LogP contribution is 2.25. The minimum Gasteiger partial charge on any atom is -0.471 e. The highest BCUT2D eigenvalue weighted by Gasteiger charge is 2.35. The summed E-state index contributed by atoms with van der Waals surface area (Å²) in [5, 5.41) is 3.73.